The number of carbonyl (C=O) groups is 1. The highest BCUT2D eigenvalue weighted by Gasteiger charge is 2.29. The number of hydrogen-bond donors (Lipinski definition) is 2. The number of hydrogen-bond acceptors (Lipinski definition) is 4. The van der Waals surface area contributed by atoms with E-state index in [-0.39, 0.29) is 16.4 Å². The molecule has 2 rings (SSSR count). The number of nitrogens with zero attached hydrogens (tertiary/aromatic N) is 2. The van der Waals surface area contributed by atoms with Crippen LogP contribution in [-0.2, 0) is 0 Å². The number of benzene rings is 1. The third kappa shape index (κ3) is 2.87. The Kier molecular flexibility index (Phi) is 3.48. The molecule has 0 spiro atoms. The Morgan fingerprint density at radius 2 is 2.21 bits per heavy atom. The van der Waals surface area contributed by atoms with Crippen LogP contribution in [0.2, 0.25) is 5.02 Å². The van der Waals surface area contributed by atoms with Gasteiger partial charge in [-0.25, -0.2) is 4.79 Å². The molecule has 0 saturated heterocycles. The van der Waals surface area contributed by atoms with Gasteiger partial charge in [0.25, 0.3) is 5.69 Å². The lowest BCUT2D eigenvalue weighted by atomic mass is 10.2. The first-order valence-corrected chi connectivity index (χ1v) is 5.98. The minimum Gasteiger partial charge on any atom is -0.465 e. The van der Waals surface area contributed by atoms with Crippen LogP contribution in [0.3, 0.4) is 0 Å². The van der Waals surface area contributed by atoms with Gasteiger partial charge in [0.05, 0.1) is 15.6 Å². The first-order valence-electron chi connectivity index (χ1n) is 5.61. The van der Waals surface area contributed by atoms with Gasteiger partial charge in [0, 0.05) is 19.2 Å². The molecule has 1 fully saturated rings. The number of rotatable bonds is 4. The molecular formula is C11H12ClN3O4. The zero-order chi connectivity index (χ0) is 14.2. The van der Waals surface area contributed by atoms with Crippen LogP contribution in [-0.4, -0.2) is 29.2 Å². The number of amides is 1. The monoisotopic (exact) mass is 285 g/mol. The third-order valence-corrected chi connectivity index (χ3v) is 3.28. The normalized spacial score (nSPS) is 14.0. The molecule has 1 aromatic rings. The number of anilines is 2. The summed E-state index contributed by atoms with van der Waals surface area (Å²) in [6, 6.07) is 2.92. The second-order valence-electron chi connectivity index (χ2n) is 4.35. The van der Waals surface area contributed by atoms with E-state index in [4.69, 9.17) is 16.7 Å². The average Bonchev–Trinajstić information content (AvgIpc) is 3.13. The van der Waals surface area contributed by atoms with E-state index < -0.39 is 11.0 Å². The summed E-state index contributed by atoms with van der Waals surface area (Å²) in [5, 5.41) is 21.9. The second kappa shape index (κ2) is 4.93. The SMILES string of the molecule is CN(c1cc(NC(=O)O)c([N+](=O)[O-])cc1Cl)C1CC1. The fourth-order valence-corrected chi connectivity index (χ4v) is 2.14. The van der Waals surface area contributed by atoms with E-state index >= 15 is 0 Å². The fraction of sp³-hybridized carbons (Fsp3) is 0.364. The molecule has 19 heavy (non-hydrogen) atoms. The van der Waals surface area contributed by atoms with E-state index in [0.717, 1.165) is 12.8 Å². The van der Waals surface area contributed by atoms with Crippen molar-refractivity contribution in [2.45, 2.75) is 18.9 Å². The predicted octanol–water partition coefficient (Wildman–Crippen LogP) is 2.94. The van der Waals surface area contributed by atoms with Gasteiger partial charge in [0.15, 0.2) is 0 Å². The van der Waals surface area contributed by atoms with Crippen molar-refractivity contribution in [1.29, 1.82) is 0 Å². The molecule has 2 N–H and O–H groups in total. The lowest BCUT2D eigenvalue weighted by Crippen LogP contribution is -2.20. The highest BCUT2D eigenvalue weighted by atomic mass is 35.5. The summed E-state index contributed by atoms with van der Waals surface area (Å²) in [7, 11) is 1.83. The number of nitro groups is 1. The van der Waals surface area contributed by atoms with Crippen molar-refractivity contribution >= 4 is 34.8 Å². The van der Waals surface area contributed by atoms with E-state index in [1.807, 2.05) is 17.3 Å². The molecule has 7 nitrogen and oxygen atoms in total. The molecule has 0 atom stereocenters. The molecule has 0 aromatic heterocycles. The molecule has 8 heteroatoms. The Balaban J connectivity index is 2.45. The summed E-state index contributed by atoms with van der Waals surface area (Å²) in [6.07, 6.45) is 0.710. The topological polar surface area (TPSA) is 95.7 Å². The minimum atomic E-state index is -1.36. The van der Waals surface area contributed by atoms with E-state index in [2.05, 4.69) is 0 Å². The molecule has 0 bridgehead atoms. The lowest BCUT2D eigenvalue weighted by molar-refractivity contribution is -0.383. The zero-order valence-electron chi connectivity index (χ0n) is 10.1. The summed E-state index contributed by atoms with van der Waals surface area (Å²) < 4.78 is 0. The van der Waals surface area contributed by atoms with Gasteiger partial charge in [0.1, 0.15) is 5.69 Å². The van der Waals surface area contributed by atoms with Crippen LogP contribution < -0.4 is 10.2 Å². The maximum atomic E-state index is 10.9. The summed E-state index contributed by atoms with van der Waals surface area (Å²) in [4.78, 5) is 22.8. The van der Waals surface area contributed by atoms with Crippen LogP contribution in [0.4, 0.5) is 21.9 Å². The van der Waals surface area contributed by atoms with Gasteiger partial charge in [-0.2, -0.15) is 0 Å². The summed E-state index contributed by atoms with van der Waals surface area (Å²) >= 11 is 6.03. The molecule has 1 saturated carbocycles. The van der Waals surface area contributed by atoms with Crippen LogP contribution in [0.5, 0.6) is 0 Å². The molecule has 0 unspecified atom stereocenters. The molecule has 102 valence electrons. The van der Waals surface area contributed by atoms with Crippen LogP contribution in [0.25, 0.3) is 0 Å². The van der Waals surface area contributed by atoms with Gasteiger partial charge in [0.2, 0.25) is 0 Å². The molecular weight excluding hydrogens is 274 g/mol. The Hall–Kier alpha value is -2.02. The first-order chi connectivity index (χ1) is 8.90. The van der Waals surface area contributed by atoms with E-state index in [1.165, 1.54) is 12.1 Å². The second-order valence-corrected chi connectivity index (χ2v) is 4.76. The summed E-state index contributed by atoms with van der Waals surface area (Å²) in [6.45, 7) is 0. The molecule has 1 amide bonds. The third-order valence-electron chi connectivity index (χ3n) is 2.98. The molecule has 1 aliphatic rings. The van der Waals surface area contributed by atoms with Crippen molar-refractivity contribution in [3.05, 3.63) is 27.3 Å². The lowest BCUT2D eigenvalue weighted by Gasteiger charge is -2.20. The van der Waals surface area contributed by atoms with Gasteiger partial charge < -0.3 is 10.0 Å². The summed E-state index contributed by atoms with van der Waals surface area (Å²) in [5.74, 6) is 0. The average molecular weight is 286 g/mol. The molecule has 1 aromatic carbocycles. The number of carboxylic acid groups (broad SMARTS) is 1. The van der Waals surface area contributed by atoms with Crippen molar-refractivity contribution in [1.82, 2.24) is 0 Å². The van der Waals surface area contributed by atoms with Crippen LogP contribution in [0.1, 0.15) is 12.8 Å². The highest BCUT2D eigenvalue weighted by molar-refractivity contribution is 6.33. The van der Waals surface area contributed by atoms with Crippen LogP contribution in [0, 0.1) is 10.1 Å². The predicted molar refractivity (Wildman–Crippen MR) is 71.2 cm³/mol. The zero-order valence-corrected chi connectivity index (χ0v) is 10.8. The Labute approximate surface area is 113 Å². The van der Waals surface area contributed by atoms with Gasteiger partial charge in [-0.15, -0.1) is 0 Å². The van der Waals surface area contributed by atoms with Crippen molar-refractivity contribution in [3.8, 4) is 0 Å². The standard InChI is InChI=1S/C11H12ClN3O4/c1-14(6-2-3-6)9-5-8(13-11(16)17)10(15(18)19)4-7(9)12/h4-6,13H,2-3H2,1H3,(H,16,17). The van der Waals surface area contributed by atoms with Crippen molar-refractivity contribution < 1.29 is 14.8 Å². The van der Waals surface area contributed by atoms with Crippen molar-refractivity contribution in [2.24, 2.45) is 0 Å². The quantitative estimate of drug-likeness (QED) is 0.655. The van der Waals surface area contributed by atoms with Gasteiger partial charge in [-0.3, -0.25) is 15.4 Å². The maximum Gasteiger partial charge on any atom is 0.409 e. The number of halogens is 1. The van der Waals surface area contributed by atoms with Crippen LogP contribution >= 0.6 is 11.6 Å². The largest absolute Gasteiger partial charge is 0.465 e. The summed E-state index contributed by atoms with van der Waals surface area (Å²) in [5.41, 5.74) is 0.142. The molecule has 0 radical (unpaired) electrons. The Morgan fingerprint density at radius 1 is 1.58 bits per heavy atom. The fourth-order valence-electron chi connectivity index (χ4n) is 1.85. The van der Waals surface area contributed by atoms with E-state index in [9.17, 15) is 14.9 Å². The molecule has 0 aliphatic heterocycles. The minimum absolute atomic E-state index is 0.0793. The smallest absolute Gasteiger partial charge is 0.409 e. The Morgan fingerprint density at radius 3 is 2.68 bits per heavy atom. The van der Waals surface area contributed by atoms with Gasteiger partial charge in [-0.1, -0.05) is 11.6 Å². The van der Waals surface area contributed by atoms with Gasteiger partial charge in [-0.05, 0) is 18.9 Å². The highest BCUT2D eigenvalue weighted by Crippen LogP contribution is 2.39. The Bertz CT molecular complexity index is 545. The molecule has 1 aliphatic carbocycles. The number of nitrogens with one attached hydrogen (secondary N) is 1. The van der Waals surface area contributed by atoms with Crippen molar-refractivity contribution in [2.75, 3.05) is 17.3 Å². The van der Waals surface area contributed by atoms with E-state index in [1.54, 1.807) is 0 Å². The maximum absolute atomic E-state index is 10.9. The van der Waals surface area contributed by atoms with Crippen molar-refractivity contribution in [3.63, 3.8) is 0 Å². The van der Waals surface area contributed by atoms with Gasteiger partial charge >= 0.3 is 6.09 Å². The number of nitro benzene ring substituents is 1. The van der Waals surface area contributed by atoms with Crippen LogP contribution in [0.15, 0.2) is 12.1 Å². The first kappa shape index (κ1) is 13.4. The molecule has 0 heterocycles. The van der Waals surface area contributed by atoms with E-state index in [0.29, 0.717) is 11.7 Å².